The molecule has 0 saturated carbocycles. The molecule has 0 amide bonds. The van der Waals surface area contributed by atoms with E-state index in [1.807, 2.05) is 0 Å². The molecule has 26 heavy (non-hydrogen) atoms. The smallest absolute Gasteiger partial charge is 0.387 e. The molecule has 0 saturated heterocycles. The fourth-order valence-electron chi connectivity index (χ4n) is 2.79. The quantitative estimate of drug-likeness (QED) is 0.734. The maximum absolute atomic E-state index is 12.9. The first-order valence-electron chi connectivity index (χ1n) is 7.71. The average Bonchev–Trinajstić information content (AvgIpc) is 3.03. The van der Waals surface area contributed by atoms with Gasteiger partial charge in [-0.1, -0.05) is 15.9 Å². The van der Waals surface area contributed by atoms with Crippen LogP contribution in [-0.4, -0.2) is 34.0 Å². The Balaban J connectivity index is 2.20. The Labute approximate surface area is 156 Å². The summed E-state index contributed by atoms with van der Waals surface area (Å²) in [6, 6.07) is 3.75. The largest absolute Gasteiger partial charge is 0.463 e. The lowest BCUT2D eigenvalue weighted by molar-refractivity contribution is -0.139. The molecular weight excluding hydrogens is 414 g/mol. The van der Waals surface area contributed by atoms with E-state index in [0.717, 1.165) is 0 Å². The second-order valence-electron chi connectivity index (χ2n) is 5.38. The van der Waals surface area contributed by atoms with E-state index in [9.17, 15) is 13.6 Å². The molecule has 3 rings (SSSR count). The van der Waals surface area contributed by atoms with E-state index in [0.29, 0.717) is 21.7 Å². The van der Waals surface area contributed by atoms with E-state index in [-0.39, 0.29) is 17.9 Å². The van der Waals surface area contributed by atoms with Gasteiger partial charge in [-0.25, -0.2) is 9.48 Å². The van der Waals surface area contributed by atoms with Crippen molar-refractivity contribution in [2.75, 3.05) is 11.9 Å². The van der Waals surface area contributed by atoms with Gasteiger partial charge in [0.1, 0.15) is 18.1 Å². The van der Waals surface area contributed by atoms with Gasteiger partial charge in [0.2, 0.25) is 5.95 Å². The minimum absolute atomic E-state index is 0.0638. The molecule has 0 aliphatic carbocycles. The van der Waals surface area contributed by atoms with Gasteiger partial charge in [-0.15, -0.1) is 0 Å². The summed E-state index contributed by atoms with van der Waals surface area (Å²) in [5, 5.41) is 7.11. The molecule has 1 atom stereocenters. The van der Waals surface area contributed by atoms with Gasteiger partial charge < -0.3 is 14.8 Å². The molecule has 1 aliphatic rings. The highest BCUT2D eigenvalue weighted by molar-refractivity contribution is 9.10. The zero-order valence-electron chi connectivity index (χ0n) is 13.9. The Morgan fingerprint density at radius 2 is 2.23 bits per heavy atom. The Hall–Kier alpha value is -2.49. The number of hydrogen-bond acceptors (Lipinski definition) is 6. The van der Waals surface area contributed by atoms with Gasteiger partial charge in [0.25, 0.3) is 0 Å². The number of rotatable bonds is 5. The Bertz CT molecular complexity index is 869. The lowest BCUT2D eigenvalue weighted by Crippen LogP contribution is -2.30. The van der Waals surface area contributed by atoms with Crippen LogP contribution in [0.4, 0.5) is 14.7 Å². The second-order valence-corrected chi connectivity index (χ2v) is 6.29. The number of halogens is 3. The number of aromatic nitrogens is 3. The Morgan fingerprint density at radius 3 is 2.92 bits per heavy atom. The van der Waals surface area contributed by atoms with Gasteiger partial charge in [-0.3, -0.25) is 0 Å². The summed E-state index contributed by atoms with van der Waals surface area (Å²) >= 11 is 3.33. The third-order valence-corrected chi connectivity index (χ3v) is 4.27. The number of hydrogen-bond donors (Lipinski definition) is 1. The number of ether oxygens (including phenoxy) is 2. The normalized spacial score (nSPS) is 16.3. The van der Waals surface area contributed by atoms with Crippen molar-refractivity contribution in [3.8, 4) is 5.75 Å². The predicted molar refractivity (Wildman–Crippen MR) is 91.9 cm³/mol. The highest BCUT2D eigenvalue weighted by Crippen LogP contribution is 2.40. The predicted octanol–water partition coefficient (Wildman–Crippen LogP) is 3.49. The molecule has 2 heterocycles. The van der Waals surface area contributed by atoms with Gasteiger partial charge in [0, 0.05) is 15.7 Å². The number of carbonyl (C=O) groups excluding carboxylic acids is 1. The van der Waals surface area contributed by atoms with Crippen LogP contribution >= 0.6 is 15.9 Å². The molecule has 1 aromatic heterocycles. The van der Waals surface area contributed by atoms with Crippen molar-refractivity contribution in [1.29, 1.82) is 0 Å². The van der Waals surface area contributed by atoms with Crippen molar-refractivity contribution in [3.05, 3.63) is 45.8 Å². The van der Waals surface area contributed by atoms with Crippen LogP contribution in [0.3, 0.4) is 0 Å². The van der Waals surface area contributed by atoms with Gasteiger partial charge in [0.15, 0.2) is 0 Å². The van der Waals surface area contributed by atoms with Crippen molar-refractivity contribution >= 4 is 27.8 Å². The Morgan fingerprint density at radius 1 is 1.46 bits per heavy atom. The van der Waals surface area contributed by atoms with Gasteiger partial charge >= 0.3 is 12.6 Å². The summed E-state index contributed by atoms with van der Waals surface area (Å²) in [5.74, 6) is -0.263. The van der Waals surface area contributed by atoms with Crippen LogP contribution in [0.2, 0.25) is 0 Å². The molecule has 138 valence electrons. The summed E-state index contributed by atoms with van der Waals surface area (Å²) in [4.78, 5) is 16.6. The topological polar surface area (TPSA) is 78.3 Å². The third-order valence-electron chi connectivity index (χ3n) is 3.77. The minimum atomic E-state index is -3.01. The van der Waals surface area contributed by atoms with Gasteiger partial charge in [0.05, 0.1) is 12.2 Å². The zero-order valence-corrected chi connectivity index (χ0v) is 15.5. The number of allylic oxidation sites excluding steroid dienone is 1. The summed E-state index contributed by atoms with van der Waals surface area (Å²) < 4.78 is 37.6. The van der Waals surface area contributed by atoms with Crippen molar-refractivity contribution in [2.45, 2.75) is 26.5 Å². The first kappa shape index (κ1) is 18.3. The maximum atomic E-state index is 12.9. The number of anilines is 1. The molecule has 0 radical (unpaired) electrons. The van der Waals surface area contributed by atoms with Crippen molar-refractivity contribution < 1.29 is 23.0 Å². The number of carbonyl (C=O) groups is 1. The molecule has 1 N–H and O–H groups in total. The molecule has 0 unspecified atom stereocenters. The molecule has 0 fully saturated rings. The van der Waals surface area contributed by atoms with Gasteiger partial charge in [-0.2, -0.15) is 18.9 Å². The van der Waals surface area contributed by atoms with E-state index in [1.54, 1.807) is 26.0 Å². The summed E-state index contributed by atoms with van der Waals surface area (Å²) in [5.41, 5.74) is 1.06. The molecule has 1 aromatic carbocycles. The molecule has 7 nitrogen and oxygen atoms in total. The monoisotopic (exact) mass is 428 g/mol. The molecule has 10 heteroatoms. The summed E-state index contributed by atoms with van der Waals surface area (Å²) in [6.07, 6.45) is 1.31. The van der Waals surface area contributed by atoms with E-state index < -0.39 is 18.6 Å². The number of nitrogens with one attached hydrogen (secondary N) is 1. The number of benzene rings is 1. The molecule has 2 aromatic rings. The van der Waals surface area contributed by atoms with E-state index in [4.69, 9.17) is 4.74 Å². The van der Waals surface area contributed by atoms with Crippen LogP contribution in [0.25, 0.3) is 0 Å². The number of esters is 1. The van der Waals surface area contributed by atoms with Crippen LogP contribution in [0, 0.1) is 0 Å². The SMILES string of the molecule is CCOC(=O)C1=C(C)Nc2ncnn2[C@@H]1c1cc(Br)ccc1OC(F)F. The van der Waals surface area contributed by atoms with Crippen molar-refractivity contribution in [3.63, 3.8) is 0 Å². The second kappa shape index (κ2) is 7.40. The number of alkyl halides is 2. The molecule has 1 aliphatic heterocycles. The van der Waals surface area contributed by atoms with Crippen LogP contribution in [0.5, 0.6) is 5.75 Å². The van der Waals surface area contributed by atoms with Crippen LogP contribution in [-0.2, 0) is 9.53 Å². The minimum Gasteiger partial charge on any atom is -0.463 e. The standard InChI is InChI=1S/C16H15BrF2N4O3/c1-3-25-14(24)12-8(2)22-16-20-7-21-23(16)13(12)10-6-9(17)4-5-11(10)26-15(18)19/h4-7,13,15H,3H2,1-2H3,(H,20,21,22)/t13-/m1/s1. The van der Waals surface area contributed by atoms with Crippen molar-refractivity contribution in [2.24, 2.45) is 0 Å². The summed E-state index contributed by atoms with van der Waals surface area (Å²) in [7, 11) is 0. The maximum Gasteiger partial charge on any atom is 0.387 e. The van der Waals surface area contributed by atoms with Crippen LogP contribution < -0.4 is 10.1 Å². The molecule has 0 spiro atoms. The lowest BCUT2D eigenvalue weighted by Gasteiger charge is -2.29. The highest BCUT2D eigenvalue weighted by Gasteiger charge is 2.36. The van der Waals surface area contributed by atoms with Crippen LogP contribution in [0.15, 0.2) is 40.3 Å². The average molecular weight is 429 g/mol. The first-order chi connectivity index (χ1) is 12.4. The lowest BCUT2D eigenvalue weighted by atomic mass is 9.95. The van der Waals surface area contributed by atoms with Gasteiger partial charge in [-0.05, 0) is 32.0 Å². The van der Waals surface area contributed by atoms with Crippen LogP contribution in [0.1, 0.15) is 25.5 Å². The fraction of sp³-hybridized carbons (Fsp3) is 0.312. The highest BCUT2D eigenvalue weighted by atomic mass is 79.9. The first-order valence-corrected chi connectivity index (χ1v) is 8.50. The third kappa shape index (κ3) is 3.41. The molecular formula is C16H15BrF2N4O3. The van der Waals surface area contributed by atoms with E-state index in [1.165, 1.54) is 17.1 Å². The van der Waals surface area contributed by atoms with Crippen molar-refractivity contribution in [1.82, 2.24) is 14.8 Å². The zero-order chi connectivity index (χ0) is 18.8. The number of nitrogens with zero attached hydrogens (tertiary/aromatic N) is 3. The van der Waals surface area contributed by atoms with E-state index >= 15 is 0 Å². The molecule has 0 bridgehead atoms. The van der Waals surface area contributed by atoms with E-state index in [2.05, 4.69) is 36.1 Å². The summed E-state index contributed by atoms with van der Waals surface area (Å²) in [6.45, 7) is 0.529. The number of fused-ring (bicyclic) bond motifs is 1. The Kier molecular flexibility index (Phi) is 5.21. The fourth-order valence-corrected chi connectivity index (χ4v) is 3.17.